The second-order valence-electron chi connectivity index (χ2n) is 7.05. The lowest BCUT2D eigenvalue weighted by Gasteiger charge is -2.40. The number of aryl methyl sites for hydroxylation is 1. The molecule has 25 heavy (non-hydrogen) atoms. The Morgan fingerprint density at radius 3 is 3.08 bits per heavy atom. The van der Waals surface area contributed by atoms with E-state index in [0.717, 1.165) is 70.1 Å². The fourth-order valence-corrected chi connectivity index (χ4v) is 4.54. The average molecular weight is 364 g/mol. The van der Waals surface area contributed by atoms with Gasteiger partial charge in [0, 0.05) is 56.4 Å². The van der Waals surface area contributed by atoms with E-state index in [2.05, 4.69) is 39.7 Å². The Balaban J connectivity index is 1.62. The Hall–Kier alpha value is -1.63. The average Bonchev–Trinajstić information content (AvgIpc) is 3.21. The Bertz CT molecular complexity index is 629. The molecule has 2 aliphatic rings. The number of hydrogen-bond acceptors (Lipinski definition) is 4. The van der Waals surface area contributed by atoms with Crippen molar-refractivity contribution >= 4 is 23.2 Å². The van der Waals surface area contributed by atoms with Crippen molar-refractivity contribution in [1.82, 2.24) is 20.5 Å². The first-order valence-corrected chi connectivity index (χ1v) is 10.3. The van der Waals surface area contributed by atoms with Gasteiger partial charge in [-0.1, -0.05) is 6.92 Å². The molecule has 138 valence electrons. The number of carbonyl (C=O) groups excluding carboxylic acids is 1. The van der Waals surface area contributed by atoms with Crippen molar-refractivity contribution < 1.29 is 4.79 Å². The molecular weight excluding hydrogens is 334 g/mol. The molecule has 0 radical (unpaired) electrons. The fourth-order valence-electron chi connectivity index (χ4n) is 3.76. The molecule has 6 nitrogen and oxygen atoms in total. The summed E-state index contributed by atoms with van der Waals surface area (Å²) in [6.45, 7) is 8.57. The molecule has 3 heterocycles. The molecule has 1 spiro atoms. The van der Waals surface area contributed by atoms with Crippen molar-refractivity contribution in [2.24, 2.45) is 10.4 Å². The van der Waals surface area contributed by atoms with Gasteiger partial charge < -0.3 is 15.5 Å². The van der Waals surface area contributed by atoms with Crippen LogP contribution in [0.5, 0.6) is 0 Å². The summed E-state index contributed by atoms with van der Waals surface area (Å²) in [6, 6.07) is 0. The molecule has 7 heteroatoms. The van der Waals surface area contributed by atoms with Gasteiger partial charge in [-0.15, -0.1) is 11.3 Å². The quantitative estimate of drug-likeness (QED) is 0.618. The van der Waals surface area contributed by atoms with Crippen LogP contribution in [0.2, 0.25) is 0 Å². The molecular formula is C18H29N5OS. The number of nitrogens with one attached hydrogen (secondary N) is 2. The van der Waals surface area contributed by atoms with Gasteiger partial charge in [-0.25, -0.2) is 4.98 Å². The molecule has 0 bridgehead atoms. The molecule has 1 atom stereocenters. The van der Waals surface area contributed by atoms with E-state index in [0.29, 0.717) is 6.42 Å². The van der Waals surface area contributed by atoms with Crippen LogP contribution >= 0.6 is 11.3 Å². The Kier molecular flexibility index (Phi) is 5.93. The lowest BCUT2D eigenvalue weighted by Crippen LogP contribution is -2.51. The van der Waals surface area contributed by atoms with Crippen molar-refractivity contribution in [3.8, 4) is 0 Å². The van der Waals surface area contributed by atoms with Gasteiger partial charge in [0.25, 0.3) is 0 Å². The molecule has 2 aliphatic heterocycles. The van der Waals surface area contributed by atoms with Gasteiger partial charge in [0.2, 0.25) is 5.91 Å². The van der Waals surface area contributed by atoms with Crippen LogP contribution in [0.1, 0.15) is 43.8 Å². The van der Waals surface area contributed by atoms with Crippen molar-refractivity contribution in [3.63, 3.8) is 0 Å². The maximum atomic E-state index is 11.7. The summed E-state index contributed by atoms with van der Waals surface area (Å²) in [5.74, 6) is 1.17. The number of piperidine rings is 1. The second-order valence-corrected chi connectivity index (χ2v) is 7.99. The number of amides is 1. The lowest BCUT2D eigenvalue weighted by molar-refractivity contribution is -0.119. The van der Waals surface area contributed by atoms with Gasteiger partial charge in [0.1, 0.15) is 0 Å². The van der Waals surface area contributed by atoms with Crippen LogP contribution in [0.15, 0.2) is 10.4 Å². The van der Waals surface area contributed by atoms with Crippen LogP contribution in [-0.2, 0) is 17.6 Å². The molecule has 2 saturated heterocycles. The van der Waals surface area contributed by atoms with Crippen LogP contribution in [0.4, 0.5) is 0 Å². The third-order valence-corrected chi connectivity index (χ3v) is 6.07. The van der Waals surface area contributed by atoms with Gasteiger partial charge in [0.05, 0.1) is 10.7 Å². The first-order valence-electron chi connectivity index (χ1n) is 9.37. The third kappa shape index (κ3) is 4.51. The molecule has 0 aromatic carbocycles. The summed E-state index contributed by atoms with van der Waals surface area (Å²) in [5, 5.41) is 9.78. The second kappa shape index (κ2) is 8.17. The highest BCUT2D eigenvalue weighted by atomic mass is 32.1. The van der Waals surface area contributed by atoms with Crippen molar-refractivity contribution in [2.45, 2.75) is 46.0 Å². The molecule has 0 aliphatic carbocycles. The van der Waals surface area contributed by atoms with Crippen LogP contribution in [0.3, 0.4) is 0 Å². The molecule has 3 rings (SSSR count). The zero-order valence-corrected chi connectivity index (χ0v) is 16.1. The molecule has 1 aromatic heterocycles. The predicted molar refractivity (Wildman–Crippen MR) is 102 cm³/mol. The maximum Gasteiger partial charge on any atom is 0.220 e. The number of carbonyl (C=O) groups is 1. The smallest absolute Gasteiger partial charge is 0.220 e. The van der Waals surface area contributed by atoms with E-state index in [4.69, 9.17) is 4.99 Å². The summed E-state index contributed by atoms with van der Waals surface area (Å²) in [6.07, 6.45) is 4.77. The molecule has 1 unspecified atom stereocenters. The number of guanidine groups is 1. The van der Waals surface area contributed by atoms with Gasteiger partial charge >= 0.3 is 0 Å². The minimum absolute atomic E-state index is 0.0937. The molecule has 1 aromatic rings. The van der Waals surface area contributed by atoms with Crippen LogP contribution in [0, 0.1) is 5.41 Å². The number of nitrogens with zero attached hydrogens (tertiary/aromatic N) is 3. The largest absolute Gasteiger partial charge is 0.357 e. The summed E-state index contributed by atoms with van der Waals surface area (Å²) >= 11 is 1.74. The number of rotatable bonds is 5. The van der Waals surface area contributed by atoms with Crippen LogP contribution < -0.4 is 10.6 Å². The van der Waals surface area contributed by atoms with Crippen molar-refractivity contribution in [2.75, 3.05) is 32.7 Å². The van der Waals surface area contributed by atoms with E-state index in [9.17, 15) is 4.79 Å². The predicted octanol–water partition coefficient (Wildman–Crippen LogP) is 1.82. The van der Waals surface area contributed by atoms with Crippen molar-refractivity contribution in [3.05, 3.63) is 16.1 Å². The topological polar surface area (TPSA) is 69.6 Å². The van der Waals surface area contributed by atoms with E-state index in [1.165, 1.54) is 5.01 Å². The SMILES string of the molecule is CCNC(=NCCc1csc(CC)n1)N1CCCC2(CNC(=O)C2)C1. The summed E-state index contributed by atoms with van der Waals surface area (Å²) in [5.41, 5.74) is 1.23. The van der Waals surface area contributed by atoms with E-state index in [1.807, 2.05) is 0 Å². The first-order chi connectivity index (χ1) is 12.1. The van der Waals surface area contributed by atoms with Gasteiger partial charge in [0.15, 0.2) is 5.96 Å². The normalized spacial score (nSPS) is 24.0. The van der Waals surface area contributed by atoms with Crippen LogP contribution in [-0.4, -0.2) is 54.5 Å². The first kappa shape index (κ1) is 18.2. The lowest BCUT2D eigenvalue weighted by atomic mass is 9.79. The summed E-state index contributed by atoms with van der Waals surface area (Å²) < 4.78 is 0. The minimum atomic E-state index is 0.0937. The highest BCUT2D eigenvalue weighted by Gasteiger charge is 2.42. The number of thiazole rings is 1. The zero-order chi connectivity index (χ0) is 17.7. The highest BCUT2D eigenvalue weighted by Crippen LogP contribution is 2.35. The Morgan fingerprint density at radius 1 is 1.52 bits per heavy atom. The van der Waals surface area contributed by atoms with Crippen LogP contribution in [0.25, 0.3) is 0 Å². The number of likely N-dealkylation sites (tertiary alicyclic amines) is 1. The number of aromatic nitrogens is 1. The minimum Gasteiger partial charge on any atom is -0.357 e. The van der Waals surface area contributed by atoms with Gasteiger partial charge in [-0.05, 0) is 26.2 Å². The summed E-state index contributed by atoms with van der Waals surface area (Å²) in [7, 11) is 0. The zero-order valence-electron chi connectivity index (χ0n) is 15.3. The molecule has 2 fully saturated rings. The van der Waals surface area contributed by atoms with Crippen molar-refractivity contribution in [1.29, 1.82) is 0 Å². The van der Waals surface area contributed by atoms with E-state index < -0.39 is 0 Å². The Morgan fingerprint density at radius 2 is 2.40 bits per heavy atom. The van der Waals surface area contributed by atoms with E-state index in [-0.39, 0.29) is 11.3 Å². The monoisotopic (exact) mass is 363 g/mol. The van der Waals surface area contributed by atoms with Gasteiger partial charge in [-0.3, -0.25) is 9.79 Å². The van der Waals surface area contributed by atoms with Gasteiger partial charge in [-0.2, -0.15) is 0 Å². The standard InChI is InChI=1S/C18H29N5OS/c1-3-16-22-14(11-25-16)6-8-20-17(19-4-2)23-9-5-7-18(13-23)10-15(24)21-12-18/h11H,3-10,12-13H2,1-2H3,(H,19,20)(H,21,24). The molecule has 2 N–H and O–H groups in total. The van der Waals surface area contributed by atoms with E-state index >= 15 is 0 Å². The third-order valence-electron chi connectivity index (χ3n) is 5.02. The van der Waals surface area contributed by atoms with E-state index in [1.54, 1.807) is 11.3 Å². The molecule has 1 amide bonds. The Labute approximate surface area is 154 Å². The fraction of sp³-hybridized carbons (Fsp3) is 0.722. The molecule has 0 saturated carbocycles. The maximum absolute atomic E-state index is 11.7. The number of hydrogen-bond donors (Lipinski definition) is 2. The number of aliphatic imine (C=N–C) groups is 1. The summed E-state index contributed by atoms with van der Waals surface area (Å²) in [4.78, 5) is 23.5. The highest BCUT2D eigenvalue weighted by molar-refractivity contribution is 7.09.